The number of nitrogens with one attached hydrogen (secondary N) is 2. The van der Waals surface area contributed by atoms with Crippen molar-refractivity contribution in [1.29, 1.82) is 0 Å². The zero-order valence-corrected chi connectivity index (χ0v) is 9.95. The Hall–Kier alpha value is -1.88. The first-order valence-corrected chi connectivity index (χ1v) is 5.37. The Morgan fingerprint density at radius 1 is 1.18 bits per heavy atom. The van der Waals surface area contributed by atoms with E-state index in [-0.39, 0.29) is 18.4 Å². The average molecular weight is 236 g/mol. The van der Waals surface area contributed by atoms with Crippen LogP contribution in [0.2, 0.25) is 0 Å². The predicted octanol–water partition coefficient (Wildman–Crippen LogP) is 0.793. The molecule has 1 aromatic rings. The summed E-state index contributed by atoms with van der Waals surface area (Å²) >= 11 is 0. The fraction of sp³-hybridized carbons (Fsp3) is 0.333. The van der Waals surface area contributed by atoms with E-state index in [2.05, 4.69) is 10.9 Å². The molecule has 0 aliphatic heterocycles. The van der Waals surface area contributed by atoms with E-state index in [1.165, 1.54) is 0 Å². The molecule has 0 atom stereocenters. The number of hydrogen-bond acceptors (Lipinski definition) is 3. The molecule has 0 bridgehead atoms. The van der Waals surface area contributed by atoms with Gasteiger partial charge in [0.2, 0.25) is 0 Å². The van der Waals surface area contributed by atoms with Gasteiger partial charge in [0.15, 0.2) is 0 Å². The van der Waals surface area contributed by atoms with Gasteiger partial charge in [-0.15, -0.1) is 0 Å². The van der Waals surface area contributed by atoms with Crippen LogP contribution in [0.25, 0.3) is 0 Å². The molecule has 0 spiro atoms. The Kier molecular flexibility index (Phi) is 5.16. The van der Waals surface area contributed by atoms with E-state index in [0.29, 0.717) is 12.2 Å². The van der Waals surface area contributed by atoms with Crippen molar-refractivity contribution in [3.63, 3.8) is 0 Å². The van der Waals surface area contributed by atoms with E-state index >= 15 is 0 Å². The maximum atomic E-state index is 11.6. The lowest BCUT2D eigenvalue weighted by molar-refractivity contribution is -0.126. The van der Waals surface area contributed by atoms with E-state index in [1.54, 1.807) is 19.1 Å². The van der Waals surface area contributed by atoms with Gasteiger partial charge < -0.3 is 4.74 Å². The molecule has 0 saturated carbocycles. The normalized spacial score (nSPS) is 9.76. The van der Waals surface area contributed by atoms with Crippen LogP contribution in [-0.4, -0.2) is 25.0 Å². The van der Waals surface area contributed by atoms with Gasteiger partial charge >= 0.3 is 0 Å². The second-order valence-electron chi connectivity index (χ2n) is 3.51. The summed E-state index contributed by atoms with van der Waals surface area (Å²) in [5.74, 6) is -0.734. The first-order valence-electron chi connectivity index (χ1n) is 5.37. The fourth-order valence-corrected chi connectivity index (χ4v) is 1.13. The molecule has 0 saturated heterocycles. The van der Waals surface area contributed by atoms with Crippen LogP contribution in [0.4, 0.5) is 0 Å². The van der Waals surface area contributed by atoms with Crippen LogP contribution in [0.3, 0.4) is 0 Å². The molecule has 1 aromatic carbocycles. The minimum Gasteiger partial charge on any atom is -0.372 e. The van der Waals surface area contributed by atoms with E-state index in [9.17, 15) is 9.59 Å². The third kappa shape index (κ3) is 4.65. The lowest BCUT2D eigenvalue weighted by atomic mass is 10.1. The van der Waals surface area contributed by atoms with Gasteiger partial charge in [0.25, 0.3) is 11.8 Å². The molecule has 1 rings (SSSR count). The van der Waals surface area contributed by atoms with Crippen LogP contribution in [0.5, 0.6) is 0 Å². The molecule has 0 aliphatic carbocycles. The summed E-state index contributed by atoms with van der Waals surface area (Å²) in [5, 5.41) is 0. The van der Waals surface area contributed by atoms with Crippen molar-refractivity contribution in [2.24, 2.45) is 0 Å². The van der Waals surface area contributed by atoms with Gasteiger partial charge in [0, 0.05) is 12.2 Å². The zero-order chi connectivity index (χ0) is 12.7. The van der Waals surface area contributed by atoms with Gasteiger partial charge in [-0.3, -0.25) is 20.4 Å². The molecule has 0 aromatic heterocycles. The minimum atomic E-state index is -0.382. The van der Waals surface area contributed by atoms with Crippen LogP contribution >= 0.6 is 0 Å². The number of aryl methyl sites for hydroxylation is 1. The van der Waals surface area contributed by atoms with Crippen LogP contribution < -0.4 is 10.9 Å². The SMILES string of the molecule is CCOCC(=O)NNC(=O)c1ccc(C)cc1. The second-order valence-corrected chi connectivity index (χ2v) is 3.51. The maximum absolute atomic E-state index is 11.6. The quantitative estimate of drug-likeness (QED) is 0.760. The first-order chi connectivity index (χ1) is 8.13. The number of hydrogen-bond donors (Lipinski definition) is 2. The van der Waals surface area contributed by atoms with Gasteiger partial charge in [-0.1, -0.05) is 17.7 Å². The number of hydrazine groups is 1. The Morgan fingerprint density at radius 3 is 2.41 bits per heavy atom. The van der Waals surface area contributed by atoms with E-state index in [0.717, 1.165) is 5.56 Å². The molecule has 0 heterocycles. The number of benzene rings is 1. The van der Waals surface area contributed by atoms with Crippen LogP contribution in [0.15, 0.2) is 24.3 Å². The van der Waals surface area contributed by atoms with Gasteiger partial charge in [0.1, 0.15) is 6.61 Å². The molecule has 0 fully saturated rings. The van der Waals surface area contributed by atoms with Gasteiger partial charge in [-0.2, -0.15) is 0 Å². The lowest BCUT2D eigenvalue weighted by Gasteiger charge is -2.07. The van der Waals surface area contributed by atoms with Gasteiger partial charge in [0.05, 0.1) is 0 Å². The third-order valence-corrected chi connectivity index (χ3v) is 2.07. The molecule has 5 heteroatoms. The average Bonchev–Trinajstić information content (AvgIpc) is 2.34. The highest BCUT2D eigenvalue weighted by Gasteiger charge is 2.06. The van der Waals surface area contributed by atoms with Gasteiger partial charge in [-0.05, 0) is 26.0 Å². The van der Waals surface area contributed by atoms with E-state index in [1.807, 2.05) is 19.1 Å². The van der Waals surface area contributed by atoms with Crippen molar-refractivity contribution in [3.05, 3.63) is 35.4 Å². The van der Waals surface area contributed by atoms with E-state index in [4.69, 9.17) is 4.74 Å². The molecule has 0 radical (unpaired) electrons. The zero-order valence-electron chi connectivity index (χ0n) is 9.95. The van der Waals surface area contributed by atoms with Crippen molar-refractivity contribution in [3.8, 4) is 0 Å². The van der Waals surface area contributed by atoms with Crippen molar-refractivity contribution < 1.29 is 14.3 Å². The summed E-state index contributed by atoms with van der Waals surface area (Å²) in [5.41, 5.74) is 6.14. The number of carbonyl (C=O) groups is 2. The number of ether oxygens (including phenoxy) is 1. The topological polar surface area (TPSA) is 67.4 Å². The molecule has 17 heavy (non-hydrogen) atoms. The monoisotopic (exact) mass is 236 g/mol. The number of rotatable bonds is 4. The molecule has 0 unspecified atom stereocenters. The summed E-state index contributed by atoms with van der Waals surface area (Å²) in [6.45, 7) is 4.12. The molecular weight excluding hydrogens is 220 g/mol. The summed E-state index contributed by atoms with van der Waals surface area (Å²) in [6.07, 6.45) is 0. The van der Waals surface area contributed by atoms with Crippen molar-refractivity contribution >= 4 is 11.8 Å². The lowest BCUT2D eigenvalue weighted by Crippen LogP contribution is -2.43. The fourth-order valence-electron chi connectivity index (χ4n) is 1.13. The molecular formula is C12H16N2O3. The summed E-state index contributed by atoms with van der Waals surface area (Å²) in [4.78, 5) is 22.7. The van der Waals surface area contributed by atoms with Crippen LogP contribution in [0.1, 0.15) is 22.8 Å². The standard InChI is InChI=1S/C12H16N2O3/c1-3-17-8-11(15)13-14-12(16)10-6-4-9(2)5-7-10/h4-7H,3,8H2,1-2H3,(H,13,15)(H,14,16). The molecule has 0 aliphatic rings. The third-order valence-electron chi connectivity index (χ3n) is 2.07. The second kappa shape index (κ2) is 6.65. The molecule has 2 N–H and O–H groups in total. The highest BCUT2D eigenvalue weighted by Crippen LogP contribution is 2.02. The number of carbonyl (C=O) groups excluding carboxylic acids is 2. The predicted molar refractivity (Wildman–Crippen MR) is 63.3 cm³/mol. The highest BCUT2D eigenvalue weighted by atomic mass is 16.5. The largest absolute Gasteiger partial charge is 0.372 e. The minimum absolute atomic E-state index is 0.0648. The van der Waals surface area contributed by atoms with E-state index < -0.39 is 0 Å². The summed E-state index contributed by atoms with van der Waals surface area (Å²) in [6, 6.07) is 7.05. The first kappa shape index (κ1) is 13.2. The molecule has 2 amide bonds. The van der Waals surface area contributed by atoms with Crippen molar-refractivity contribution in [1.82, 2.24) is 10.9 Å². The molecule has 92 valence electrons. The van der Waals surface area contributed by atoms with Crippen molar-refractivity contribution in [2.75, 3.05) is 13.2 Å². The number of amides is 2. The van der Waals surface area contributed by atoms with Gasteiger partial charge in [-0.25, -0.2) is 0 Å². The highest BCUT2D eigenvalue weighted by molar-refractivity contribution is 5.95. The maximum Gasteiger partial charge on any atom is 0.269 e. The Morgan fingerprint density at radius 2 is 1.82 bits per heavy atom. The van der Waals surface area contributed by atoms with Crippen LogP contribution in [-0.2, 0) is 9.53 Å². The summed E-state index contributed by atoms with van der Waals surface area (Å²) < 4.78 is 4.89. The Labute approximate surface area is 100 Å². The Balaban J connectivity index is 2.39. The smallest absolute Gasteiger partial charge is 0.269 e. The van der Waals surface area contributed by atoms with Crippen molar-refractivity contribution in [2.45, 2.75) is 13.8 Å². The van der Waals surface area contributed by atoms with Crippen LogP contribution in [0, 0.1) is 6.92 Å². The molecule has 5 nitrogen and oxygen atoms in total. The summed E-state index contributed by atoms with van der Waals surface area (Å²) in [7, 11) is 0. The Bertz CT molecular complexity index is 387.